The Labute approximate surface area is 134 Å². The molecule has 0 unspecified atom stereocenters. The summed E-state index contributed by atoms with van der Waals surface area (Å²) in [6.45, 7) is 2.08. The lowest BCUT2D eigenvalue weighted by Crippen LogP contribution is -2.10. The number of ether oxygens (including phenoxy) is 1. The van der Waals surface area contributed by atoms with E-state index >= 15 is 0 Å². The largest absolute Gasteiger partial charge is 0.422 e. The standard InChI is InChI=1S/C15H12BrIO2/c1-2-10-7-8-14(12(16)9-10)19-15(18)11-5-3-4-6-13(11)17/h3-9H,2H2,1H3. The molecular formula is C15H12BrIO2. The minimum absolute atomic E-state index is 0.338. The van der Waals surface area contributed by atoms with Crippen molar-refractivity contribution < 1.29 is 9.53 Å². The molecule has 0 radical (unpaired) electrons. The maximum Gasteiger partial charge on any atom is 0.344 e. The zero-order valence-electron chi connectivity index (χ0n) is 10.3. The summed E-state index contributed by atoms with van der Waals surface area (Å²) in [4.78, 5) is 12.1. The van der Waals surface area contributed by atoms with Crippen molar-refractivity contribution in [3.63, 3.8) is 0 Å². The van der Waals surface area contributed by atoms with Crippen LogP contribution in [0, 0.1) is 3.57 Å². The Morgan fingerprint density at radius 1 is 1.26 bits per heavy atom. The number of esters is 1. The Balaban J connectivity index is 2.22. The fraction of sp³-hybridized carbons (Fsp3) is 0.133. The second-order valence-corrected chi connectivity index (χ2v) is 6.00. The average Bonchev–Trinajstić information content (AvgIpc) is 2.41. The van der Waals surface area contributed by atoms with E-state index in [1.165, 1.54) is 5.56 Å². The van der Waals surface area contributed by atoms with Crippen LogP contribution in [-0.4, -0.2) is 5.97 Å². The predicted octanol–water partition coefficient (Wildman–Crippen LogP) is 4.84. The van der Waals surface area contributed by atoms with Crippen molar-refractivity contribution in [2.24, 2.45) is 0 Å². The third-order valence-corrected chi connectivity index (χ3v) is 4.26. The Kier molecular flexibility index (Phi) is 4.99. The van der Waals surface area contributed by atoms with E-state index in [2.05, 4.69) is 45.4 Å². The van der Waals surface area contributed by atoms with E-state index in [0.29, 0.717) is 11.3 Å². The molecular weight excluding hydrogens is 419 g/mol. The van der Waals surface area contributed by atoms with Gasteiger partial charge in [-0.3, -0.25) is 0 Å². The Morgan fingerprint density at radius 2 is 2.00 bits per heavy atom. The second-order valence-electron chi connectivity index (χ2n) is 3.99. The highest BCUT2D eigenvalue weighted by atomic mass is 127. The van der Waals surface area contributed by atoms with Crippen LogP contribution in [0.3, 0.4) is 0 Å². The maximum atomic E-state index is 12.1. The van der Waals surface area contributed by atoms with Crippen molar-refractivity contribution in [2.75, 3.05) is 0 Å². The number of rotatable bonds is 3. The SMILES string of the molecule is CCc1ccc(OC(=O)c2ccccc2I)c(Br)c1. The van der Waals surface area contributed by atoms with Gasteiger partial charge in [0.1, 0.15) is 5.75 Å². The number of hydrogen-bond donors (Lipinski definition) is 0. The quantitative estimate of drug-likeness (QED) is 0.396. The van der Waals surface area contributed by atoms with Gasteiger partial charge in [0.15, 0.2) is 0 Å². The first-order valence-corrected chi connectivity index (χ1v) is 7.74. The molecule has 0 aliphatic rings. The molecule has 0 aliphatic carbocycles. The van der Waals surface area contributed by atoms with Crippen LogP contribution in [0.15, 0.2) is 46.9 Å². The van der Waals surface area contributed by atoms with Crippen molar-refractivity contribution in [1.82, 2.24) is 0 Å². The van der Waals surface area contributed by atoms with Gasteiger partial charge in [0.2, 0.25) is 0 Å². The molecule has 0 atom stereocenters. The molecule has 19 heavy (non-hydrogen) atoms. The van der Waals surface area contributed by atoms with Crippen LogP contribution in [0.5, 0.6) is 5.75 Å². The lowest BCUT2D eigenvalue weighted by atomic mass is 10.2. The molecule has 98 valence electrons. The topological polar surface area (TPSA) is 26.3 Å². The van der Waals surface area contributed by atoms with Gasteiger partial charge in [-0.2, -0.15) is 0 Å². The summed E-state index contributed by atoms with van der Waals surface area (Å²) in [5, 5.41) is 0. The smallest absolute Gasteiger partial charge is 0.344 e. The normalized spacial score (nSPS) is 10.3. The molecule has 4 heteroatoms. The predicted molar refractivity (Wildman–Crippen MR) is 87.6 cm³/mol. The van der Waals surface area contributed by atoms with Gasteiger partial charge in [-0.15, -0.1) is 0 Å². The highest BCUT2D eigenvalue weighted by Crippen LogP contribution is 2.27. The molecule has 0 aliphatic heterocycles. The van der Waals surface area contributed by atoms with Crippen molar-refractivity contribution in [2.45, 2.75) is 13.3 Å². The van der Waals surface area contributed by atoms with Crippen LogP contribution in [0.1, 0.15) is 22.8 Å². The van der Waals surface area contributed by atoms with E-state index < -0.39 is 0 Å². The van der Waals surface area contributed by atoms with Gasteiger partial charge in [-0.05, 0) is 74.8 Å². The van der Waals surface area contributed by atoms with Crippen molar-refractivity contribution in [3.8, 4) is 5.75 Å². The minimum atomic E-state index is -0.338. The van der Waals surface area contributed by atoms with Crippen molar-refractivity contribution in [1.29, 1.82) is 0 Å². The first kappa shape index (κ1) is 14.5. The molecule has 0 saturated heterocycles. The number of hydrogen-bond acceptors (Lipinski definition) is 2. The van der Waals surface area contributed by atoms with Gasteiger partial charge >= 0.3 is 5.97 Å². The first-order valence-electron chi connectivity index (χ1n) is 5.87. The summed E-state index contributed by atoms with van der Waals surface area (Å²) in [6.07, 6.45) is 0.948. The summed E-state index contributed by atoms with van der Waals surface area (Å²) in [5.41, 5.74) is 1.77. The molecule has 0 N–H and O–H groups in total. The van der Waals surface area contributed by atoms with Gasteiger partial charge in [-0.1, -0.05) is 25.1 Å². The zero-order chi connectivity index (χ0) is 13.8. The third kappa shape index (κ3) is 3.57. The van der Waals surface area contributed by atoms with Gasteiger partial charge in [0, 0.05) is 3.57 Å². The molecule has 2 rings (SSSR count). The van der Waals surface area contributed by atoms with Gasteiger partial charge < -0.3 is 4.74 Å². The summed E-state index contributed by atoms with van der Waals surface area (Å²) in [5.74, 6) is 0.205. The monoisotopic (exact) mass is 430 g/mol. The molecule has 0 spiro atoms. The fourth-order valence-corrected chi connectivity index (χ4v) is 2.74. The van der Waals surface area contributed by atoms with E-state index in [0.717, 1.165) is 14.5 Å². The van der Waals surface area contributed by atoms with Crippen LogP contribution in [0.4, 0.5) is 0 Å². The molecule has 2 nitrogen and oxygen atoms in total. The summed E-state index contributed by atoms with van der Waals surface area (Å²) in [7, 11) is 0. The third-order valence-electron chi connectivity index (χ3n) is 2.70. The molecule has 0 aromatic heterocycles. The first-order chi connectivity index (χ1) is 9.11. The van der Waals surface area contributed by atoms with E-state index in [1.54, 1.807) is 6.07 Å². The van der Waals surface area contributed by atoms with E-state index in [-0.39, 0.29) is 5.97 Å². The van der Waals surface area contributed by atoms with Crippen LogP contribution in [-0.2, 0) is 6.42 Å². The number of aryl methyl sites for hydroxylation is 1. The lowest BCUT2D eigenvalue weighted by molar-refractivity contribution is 0.0732. The molecule has 2 aromatic rings. The van der Waals surface area contributed by atoms with Crippen molar-refractivity contribution >= 4 is 44.5 Å². The van der Waals surface area contributed by atoms with Crippen LogP contribution >= 0.6 is 38.5 Å². The summed E-state index contributed by atoms with van der Waals surface area (Å²) < 4.78 is 7.10. The lowest BCUT2D eigenvalue weighted by Gasteiger charge is -2.08. The number of carbonyl (C=O) groups is 1. The zero-order valence-corrected chi connectivity index (χ0v) is 14.1. The minimum Gasteiger partial charge on any atom is -0.422 e. The molecule has 0 bridgehead atoms. The van der Waals surface area contributed by atoms with E-state index in [9.17, 15) is 4.79 Å². The summed E-state index contributed by atoms with van der Waals surface area (Å²) in [6, 6.07) is 13.1. The van der Waals surface area contributed by atoms with E-state index in [1.807, 2.05) is 36.4 Å². The molecule has 2 aromatic carbocycles. The van der Waals surface area contributed by atoms with Crippen LogP contribution in [0.25, 0.3) is 0 Å². The molecule has 0 amide bonds. The van der Waals surface area contributed by atoms with E-state index in [4.69, 9.17) is 4.74 Å². The molecule has 0 heterocycles. The Bertz CT molecular complexity index is 611. The number of halogens is 2. The highest BCUT2D eigenvalue weighted by Gasteiger charge is 2.13. The second kappa shape index (κ2) is 6.52. The van der Waals surface area contributed by atoms with Crippen LogP contribution in [0.2, 0.25) is 0 Å². The fourth-order valence-electron chi connectivity index (χ4n) is 1.63. The summed E-state index contributed by atoms with van der Waals surface area (Å²) >= 11 is 5.55. The Hall–Kier alpha value is -0.880. The van der Waals surface area contributed by atoms with Gasteiger partial charge in [-0.25, -0.2) is 4.79 Å². The molecule has 0 saturated carbocycles. The number of carbonyl (C=O) groups excluding carboxylic acids is 1. The maximum absolute atomic E-state index is 12.1. The average molecular weight is 431 g/mol. The van der Waals surface area contributed by atoms with Crippen molar-refractivity contribution in [3.05, 3.63) is 61.6 Å². The number of benzene rings is 2. The van der Waals surface area contributed by atoms with Gasteiger partial charge in [0.05, 0.1) is 10.0 Å². The van der Waals surface area contributed by atoms with Crippen LogP contribution < -0.4 is 4.74 Å². The Morgan fingerprint density at radius 3 is 2.63 bits per heavy atom. The molecule has 0 fully saturated rings. The van der Waals surface area contributed by atoms with Gasteiger partial charge in [0.25, 0.3) is 0 Å². The highest BCUT2D eigenvalue weighted by molar-refractivity contribution is 14.1.